The number of methoxy groups -OCH3 is 1. The van der Waals surface area contributed by atoms with Crippen molar-refractivity contribution in [3.8, 4) is 11.5 Å². The number of nitrogens with one attached hydrogen (secondary N) is 1. The van der Waals surface area contributed by atoms with Gasteiger partial charge in [-0.1, -0.05) is 0 Å². The number of carbonyl (C=O) groups is 1. The Kier molecular flexibility index (Phi) is 5.05. The molecule has 1 amide bonds. The molecule has 0 saturated carbocycles. The molecule has 0 bridgehead atoms. The molecule has 110 valence electrons. The predicted octanol–water partition coefficient (Wildman–Crippen LogP) is 3.06. The number of nitrogens with two attached hydrogens (primary N) is 1. The summed E-state index contributed by atoms with van der Waals surface area (Å²) in [7, 11) is 1.59. The van der Waals surface area contributed by atoms with Gasteiger partial charge in [0.25, 0.3) is 5.91 Å². The highest BCUT2D eigenvalue weighted by atomic mass is 79.9. The van der Waals surface area contributed by atoms with Gasteiger partial charge in [-0.2, -0.15) is 0 Å². The molecule has 3 N–H and O–H groups in total. The van der Waals surface area contributed by atoms with E-state index in [9.17, 15) is 4.79 Å². The fourth-order valence-electron chi connectivity index (χ4n) is 1.65. The van der Waals surface area contributed by atoms with Crippen LogP contribution < -0.4 is 20.5 Å². The van der Waals surface area contributed by atoms with Gasteiger partial charge in [-0.15, -0.1) is 0 Å². The Morgan fingerprint density at radius 3 is 2.62 bits per heavy atom. The molecule has 0 aliphatic rings. The van der Waals surface area contributed by atoms with Crippen molar-refractivity contribution < 1.29 is 14.3 Å². The van der Waals surface area contributed by atoms with Crippen LogP contribution in [0.25, 0.3) is 0 Å². The lowest BCUT2D eigenvalue weighted by Gasteiger charge is -2.10. The first-order valence-corrected chi connectivity index (χ1v) is 6.99. The Balaban J connectivity index is 1.91. The van der Waals surface area contributed by atoms with E-state index in [1.54, 1.807) is 49.6 Å². The van der Waals surface area contributed by atoms with E-state index in [0.717, 1.165) is 10.2 Å². The molecule has 0 aliphatic carbocycles. The maximum Gasteiger partial charge on any atom is 0.262 e. The average Bonchev–Trinajstić information content (AvgIpc) is 2.49. The zero-order chi connectivity index (χ0) is 15.2. The van der Waals surface area contributed by atoms with E-state index in [4.69, 9.17) is 15.2 Å². The highest BCUT2D eigenvalue weighted by molar-refractivity contribution is 9.10. The van der Waals surface area contributed by atoms with Crippen LogP contribution in [0, 0.1) is 0 Å². The summed E-state index contributed by atoms with van der Waals surface area (Å²) in [4.78, 5) is 11.8. The van der Waals surface area contributed by atoms with Crippen LogP contribution in [0.15, 0.2) is 46.9 Å². The van der Waals surface area contributed by atoms with Crippen molar-refractivity contribution in [3.63, 3.8) is 0 Å². The molecule has 0 atom stereocenters. The SMILES string of the molecule is COc1ccc(NC(=O)COc2cc(N)ccc2Br)cc1. The Bertz CT molecular complexity index is 629. The molecule has 0 saturated heterocycles. The third kappa shape index (κ3) is 4.39. The molecule has 5 nitrogen and oxygen atoms in total. The van der Waals surface area contributed by atoms with E-state index in [1.807, 2.05) is 0 Å². The number of anilines is 2. The van der Waals surface area contributed by atoms with Crippen LogP contribution in [-0.4, -0.2) is 19.6 Å². The molecule has 0 heterocycles. The first-order valence-electron chi connectivity index (χ1n) is 6.20. The number of rotatable bonds is 5. The normalized spacial score (nSPS) is 10.0. The summed E-state index contributed by atoms with van der Waals surface area (Å²) >= 11 is 3.34. The van der Waals surface area contributed by atoms with E-state index in [2.05, 4.69) is 21.2 Å². The van der Waals surface area contributed by atoms with E-state index < -0.39 is 0 Å². The van der Waals surface area contributed by atoms with Crippen LogP contribution in [-0.2, 0) is 4.79 Å². The molecule has 21 heavy (non-hydrogen) atoms. The minimum atomic E-state index is -0.255. The number of nitrogen functional groups attached to an aromatic ring is 1. The van der Waals surface area contributed by atoms with Crippen LogP contribution in [0.5, 0.6) is 11.5 Å². The van der Waals surface area contributed by atoms with Crippen LogP contribution >= 0.6 is 15.9 Å². The zero-order valence-corrected chi connectivity index (χ0v) is 13.0. The molecule has 0 aliphatic heterocycles. The highest BCUT2D eigenvalue weighted by Crippen LogP contribution is 2.27. The molecule has 6 heteroatoms. The second-order valence-electron chi connectivity index (χ2n) is 4.26. The monoisotopic (exact) mass is 350 g/mol. The summed E-state index contributed by atoms with van der Waals surface area (Å²) in [6.07, 6.45) is 0. The van der Waals surface area contributed by atoms with Gasteiger partial charge in [0.15, 0.2) is 6.61 Å². The van der Waals surface area contributed by atoms with Crippen LogP contribution in [0.2, 0.25) is 0 Å². The summed E-state index contributed by atoms with van der Waals surface area (Å²) in [5, 5.41) is 2.73. The Morgan fingerprint density at radius 1 is 1.24 bits per heavy atom. The molecule has 0 fully saturated rings. The second-order valence-corrected chi connectivity index (χ2v) is 5.11. The lowest BCUT2D eigenvalue weighted by atomic mass is 10.3. The van der Waals surface area contributed by atoms with Crippen LogP contribution in [0.4, 0.5) is 11.4 Å². The summed E-state index contributed by atoms with van der Waals surface area (Å²) < 4.78 is 11.2. The fraction of sp³-hybridized carbons (Fsp3) is 0.133. The van der Waals surface area contributed by atoms with E-state index in [0.29, 0.717) is 17.1 Å². The number of amides is 1. The molecule has 0 unspecified atom stereocenters. The minimum absolute atomic E-state index is 0.103. The fourth-order valence-corrected chi connectivity index (χ4v) is 2.01. The lowest BCUT2D eigenvalue weighted by Crippen LogP contribution is -2.20. The van der Waals surface area contributed by atoms with E-state index in [-0.39, 0.29) is 12.5 Å². The van der Waals surface area contributed by atoms with Gasteiger partial charge >= 0.3 is 0 Å². The number of benzene rings is 2. The number of ether oxygens (including phenoxy) is 2. The van der Waals surface area contributed by atoms with E-state index in [1.165, 1.54) is 0 Å². The van der Waals surface area contributed by atoms with Crippen molar-refractivity contribution in [1.29, 1.82) is 0 Å². The summed E-state index contributed by atoms with van der Waals surface area (Å²) in [5.74, 6) is 1.00. The first kappa shape index (κ1) is 15.2. The maximum absolute atomic E-state index is 11.8. The van der Waals surface area contributed by atoms with Gasteiger partial charge in [0.2, 0.25) is 0 Å². The van der Waals surface area contributed by atoms with Crippen molar-refractivity contribution >= 4 is 33.2 Å². The van der Waals surface area contributed by atoms with Gasteiger partial charge in [-0.3, -0.25) is 4.79 Å². The molecular weight excluding hydrogens is 336 g/mol. The summed E-state index contributed by atoms with van der Waals surface area (Å²) in [6, 6.07) is 12.2. The topological polar surface area (TPSA) is 73.6 Å². The molecule has 0 radical (unpaired) electrons. The van der Waals surface area contributed by atoms with Gasteiger partial charge in [0.1, 0.15) is 11.5 Å². The smallest absolute Gasteiger partial charge is 0.262 e. The van der Waals surface area contributed by atoms with Crippen LogP contribution in [0.3, 0.4) is 0 Å². The molecule has 0 spiro atoms. The molecule has 0 aromatic heterocycles. The lowest BCUT2D eigenvalue weighted by molar-refractivity contribution is -0.118. The molecule has 2 aromatic carbocycles. The van der Waals surface area contributed by atoms with Gasteiger partial charge in [-0.05, 0) is 52.3 Å². The standard InChI is InChI=1S/C15H15BrN2O3/c1-20-12-5-3-11(4-6-12)18-15(19)9-21-14-8-10(17)2-7-13(14)16/h2-8H,9,17H2,1H3,(H,18,19). The summed E-state index contributed by atoms with van der Waals surface area (Å²) in [5.41, 5.74) is 6.92. The van der Waals surface area contributed by atoms with Crippen molar-refractivity contribution in [3.05, 3.63) is 46.9 Å². The third-order valence-electron chi connectivity index (χ3n) is 2.69. The summed E-state index contributed by atoms with van der Waals surface area (Å²) in [6.45, 7) is -0.103. The average molecular weight is 351 g/mol. The third-order valence-corrected chi connectivity index (χ3v) is 3.34. The Labute approximate surface area is 131 Å². The second kappa shape index (κ2) is 6.99. The van der Waals surface area contributed by atoms with E-state index >= 15 is 0 Å². The van der Waals surface area contributed by atoms with Crippen molar-refractivity contribution in [2.24, 2.45) is 0 Å². The number of halogens is 1. The Morgan fingerprint density at radius 2 is 1.95 bits per heavy atom. The van der Waals surface area contributed by atoms with Gasteiger partial charge in [-0.25, -0.2) is 0 Å². The number of hydrogen-bond donors (Lipinski definition) is 2. The molecular formula is C15H15BrN2O3. The highest BCUT2D eigenvalue weighted by Gasteiger charge is 2.07. The minimum Gasteiger partial charge on any atom is -0.497 e. The Hall–Kier alpha value is -2.21. The van der Waals surface area contributed by atoms with Crippen molar-refractivity contribution in [2.45, 2.75) is 0 Å². The predicted molar refractivity (Wildman–Crippen MR) is 85.7 cm³/mol. The number of hydrogen-bond acceptors (Lipinski definition) is 4. The molecule has 2 rings (SSSR count). The zero-order valence-electron chi connectivity index (χ0n) is 11.4. The van der Waals surface area contributed by atoms with Crippen molar-refractivity contribution in [1.82, 2.24) is 0 Å². The van der Waals surface area contributed by atoms with Gasteiger partial charge < -0.3 is 20.5 Å². The largest absolute Gasteiger partial charge is 0.497 e. The van der Waals surface area contributed by atoms with Crippen molar-refractivity contribution in [2.75, 3.05) is 24.8 Å². The van der Waals surface area contributed by atoms with Gasteiger partial charge in [0, 0.05) is 17.4 Å². The molecule has 2 aromatic rings. The maximum atomic E-state index is 11.8. The number of carbonyl (C=O) groups excluding carboxylic acids is 1. The first-order chi connectivity index (χ1) is 10.1. The quantitative estimate of drug-likeness (QED) is 0.812. The van der Waals surface area contributed by atoms with Gasteiger partial charge in [0.05, 0.1) is 11.6 Å². The van der Waals surface area contributed by atoms with Crippen LogP contribution in [0.1, 0.15) is 0 Å².